The molecule has 0 fully saturated rings. The first kappa shape index (κ1) is 15.4. The molecular weight excluding hydrogens is 295 g/mol. The fraction of sp³-hybridized carbons (Fsp3) is 0.400. The smallest absolute Gasteiger partial charge is 0.138 e. The highest BCUT2D eigenvalue weighted by Crippen LogP contribution is 2.27. The lowest BCUT2D eigenvalue weighted by Gasteiger charge is -2.05. The fourth-order valence-electron chi connectivity index (χ4n) is 2.06. The molecule has 2 rings (SSSR count). The van der Waals surface area contributed by atoms with Crippen molar-refractivity contribution in [1.82, 2.24) is 9.78 Å². The van der Waals surface area contributed by atoms with E-state index in [0.717, 1.165) is 23.4 Å². The third kappa shape index (κ3) is 3.00. The van der Waals surface area contributed by atoms with Crippen molar-refractivity contribution in [3.05, 3.63) is 45.2 Å². The Balaban J connectivity index is 2.51. The van der Waals surface area contributed by atoms with Gasteiger partial charge in [-0.1, -0.05) is 43.1 Å². The van der Waals surface area contributed by atoms with E-state index >= 15 is 0 Å². The summed E-state index contributed by atoms with van der Waals surface area (Å²) in [5.74, 6) is 0.446. The lowest BCUT2D eigenvalue weighted by atomic mass is 10.1. The van der Waals surface area contributed by atoms with E-state index in [2.05, 4.69) is 18.9 Å². The minimum Gasteiger partial charge on any atom is -0.391 e. The quantitative estimate of drug-likeness (QED) is 0.919. The Labute approximate surface area is 129 Å². The van der Waals surface area contributed by atoms with E-state index in [1.807, 2.05) is 25.1 Å². The number of rotatable bonds is 4. The molecule has 0 bridgehead atoms. The van der Waals surface area contributed by atoms with Crippen LogP contribution in [0, 0.1) is 12.8 Å². The Bertz CT molecular complexity index is 621. The predicted molar refractivity (Wildman–Crippen MR) is 82.8 cm³/mol. The Kier molecular flexibility index (Phi) is 4.74. The molecule has 0 radical (unpaired) electrons. The summed E-state index contributed by atoms with van der Waals surface area (Å²) < 4.78 is 1.64. The van der Waals surface area contributed by atoms with Crippen LogP contribution in [-0.2, 0) is 13.0 Å². The van der Waals surface area contributed by atoms with Crippen LogP contribution in [0.3, 0.4) is 0 Å². The van der Waals surface area contributed by atoms with Crippen LogP contribution in [0.5, 0.6) is 0 Å². The van der Waals surface area contributed by atoms with Crippen LogP contribution >= 0.6 is 23.2 Å². The highest BCUT2D eigenvalue weighted by Gasteiger charge is 2.17. The molecule has 3 nitrogen and oxygen atoms in total. The van der Waals surface area contributed by atoms with E-state index in [9.17, 15) is 5.11 Å². The molecule has 1 aromatic heterocycles. The van der Waals surface area contributed by atoms with Crippen LogP contribution in [-0.4, -0.2) is 14.9 Å². The molecular formula is C15H18Cl2N2O. The van der Waals surface area contributed by atoms with Crippen LogP contribution in [0.15, 0.2) is 18.2 Å². The maximum absolute atomic E-state index is 9.51. The molecule has 0 atom stereocenters. The molecule has 1 aromatic carbocycles. The molecule has 0 saturated heterocycles. The van der Waals surface area contributed by atoms with Crippen molar-refractivity contribution in [3.8, 4) is 5.69 Å². The Morgan fingerprint density at radius 2 is 2.00 bits per heavy atom. The summed E-state index contributed by atoms with van der Waals surface area (Å²) in [6.07, 6.45) is 0.780. The van der Waals surface area contributed by atoms with E-state index in [-0.39, 0.29) is 6.61 Å². The molecule has 0 aliphatic carbocycles. The minimum atomic E-state index is -0.111. The number of aliphatic hydroxyl groups is 1. The number of hydrogen-bond acceptors (Lipinski definition) is 2. The molecule has 0 spiro atoms. The van der Waals surface area contributed by atoms with Gasteiger partial charge >= 0.3 is 0 Å². The van der Waals surface area contributed by atoms with Gasteiger partial charge in [0, 0.05) is 10.6 Å². The third-order valence-corrected chi connectivity index (χ3v) is 3.96. The molecule has 0 saturated carbocycles. The van der Waals surface area contributed by atoms with Crippen molar-refractivity contribution in [2.24, 2.45) is 5.92 Å². The molecule has 0 aliphatic rings. The zero-order valence-electron chi connectivity index (χ0n) is 11.8. The zero-order chi connectivity index (χ0) is 14.9. The van der Waals surface area contributed by atoms with Crippen LogP contribution in [0.2, 0.25) is 10.2 Å². The van der Waals surface area contributed by atoms with Gasteiger partial charge in [-0.15, -0.1) is 0 Å². The van der Waals surface area contributed by atoms with Crippen LogP contribution in [0.4, 0.5) is 0 Å². The van der Waals surface area contributed by atoms with E-state index in [4.69, 9.17) is 23.2 Å². The number of aromatic nitrogens is 2. The first-order valence-electron chi connectivity index (χ1n) is 6.57. The van der Waals surface area contributed by atoms with Gasteiger partial charge in [-0.3, -0.25) is 0 Å². The monoisotopic (exact) mass is 312 g/mol. The second-order valence-corrected chi connectivity index (χ2v) is 6.08. The summed E-state index contributed by atoms with van der Waals surface area (Å²) in [6.45, 7) is 6.05. The largest absolute Gasteiger partial charge is 0.391 e. The molecule has 1 heterocycles. The van der Waals surface area contributed by atoms with Gasteiger partial charge in [-0.25, -0.2) is 4.68 Å². The van der Waals surface area contributed by atoms with E-state index in [0.29, 0.717) is 21.7 Å². The topological polar surface area (TPSA) is 38.0 Å². The van der Waals surface area contributed by atoms with Crippen molar-refractivity contribution < 1.29 is 5.11 Å². The van der Waals surface area contributed by atoms with Gasteiger partial charge in [0.25, 0.3) is 0 Å². The van der Waals surface area contributed by atoms with E-state index in [1.165, 1.54) is 0 Å². The summed E-state index contributed by atoms with van der Waals surface area (Å²) >= 11 is 12.5. The molecule has 0 aliphatic heterocycles. The maximum Gasteiger partial charge on any atom is 0.138 e. The summed E-state index contributed by atoms with van der Waals surface area (Å²) in [4.78, 5) is 0. The zero-order valence-corrected chi connectivity index (χ0v) is 13.3. The summed E-state index contributed by atoms with van der Waals surface area (Å²) in [5.41, 5.74) is 3.33. The first-order chi connectivity index (χ1) is 9.43. The second-order valence-electron chi connectivity index (χ2n) is 5.32. The van der Waals surface area contributed by atoms with Gasteiger partial charge in [0.2, 0.25) is 0 Å². The van der Waals surface area contributed by atoms with Crippen molar-refractivity contribution >= 4 is 23.2 Å². The SMILES string of the molecule is Cc1ccc(-n2nc(CC(C)C)c(CO)c2Cl)cc1Cl. The van der Waals surface area contributed by atoms with Gasteiger partial charge in [-0.2, -0.15) is 5.10 Å². The Morgan fingerprint density at radius 3 is 2.55 bits per heavy atom. The highest BCUT2D eigenvalue weighted by molar-refractivity contribution is 6.32. The molecule has 108 valence electrons. The molecule has 20 heavy (non-hydrogen) atoms. The lowest BCUT2D eigenvalue weighted by molar-refractivity contribution is 0.280. The fourth-order valence-corrected chi connectivity index (χ4v) is 2.54. The molecule has 2 aromatic rings. The average molecular weight is 313 g/mol. The molecule has 1 N–H and O–H groups in total. The molecule has 0 amide bonds. The van der Waals surface area contributed by atoms with Crippen molar-refractivity contribution in [3.63, 3.8) is 0 Å². The Morgan fingerprint density at radius 1 is 1.30 bits per heavy atom. The van der Waals surface area contributed by atoms with Crippen LogP contribution in [0.1, 0.15) is 30.7 Å². The second kappa shape index (κ2) is 6.17. The lowest BCUT2D eigenvalue weighted by Crippen LogP contribution is -2.00. The van der Waals surface area contributed by atoms with Gasteiger partial charge in [0.1, 0.15) is 5.15 Å². The number of hydrogen-bond donors (Lipinski definition) is 1. The van der Waals surface area contributed by atoms with Gasteiger partial charge in [-0.05, 0) is 37.0 Å². The van der Waals surface area contributed by atoms with Crippen LogP contribution < -0.4 is 0 Å². The van der Waals surface area contributed by atoms with E-state index < -0.39 is 0 Å². The summed E-state index contributed by atoms with van der Waals surface area (Å²) in [5, 5.41) is 15.2. The standard InChI is InChI=1S/C15H18Cl2N2O/c1-9(2)6-14-12(8-20)15(17)19(18-14)11-5-4-10(3)13(16)7-11/h4-5,7,9,20H,6,8H2,1-3H3. The number of aryl methyl sites for hydroxylation is 1. The number of benzene rings is 1. The number of nitrogens with zero attached hydrogens (tertiary/aromatic N) is 2. The van der Waals surface area contributed by atoms with Crippen molar-refractivity contribution in [2.45, 2.75) is 33.8 Å². The summed E-state index contributed by atoms with van der Waals surface area (Å²) in [6, 6.07) is 5.67. The predicted octanol–water partition coefficient (Wildman–Crippen LogP) is 4.18. The summed E-state index contributed by atoms with van der Waals surface area (Å²) in [7, 11) is 0. The van der Waals surface area contributed by atoms with Gasteiger partial charge in [0.15, 0.2) is 0 Å². The number of halogens is 2. The first-order valence-corrected chi connectivity index (χ1v) is 7.33. The van der Waals surface area contributed by atoms with Crippen molar-refractivity contribution in [1.29, 1.82) is 0 Å². The maximum atomic E-state index is 9.51. The highest BCUT2D eigenvalue weighted by atomic mass is 35.5. The Hall–Kier alpha value is -1.03. The third-order valence-electron chi connectivity index (χ3n) is 3.16. The number of aliphatic hydroxyl groups excluding tert-OH is 1. The normalized spacial score (nSPS) is 11.3. The molecule has 0 unspecified atom stereocenters. The molecule has 5 heteroatoms. The minimum absolute atomic E-state index is 0.111. The van der Waals surface area contributed by atoms with Gasteiger partial charge < -0.3 is 5.11 Å². The van der Waals surface area contributed by atoms with Crippen LogP contribution in [0.25, 0.3) is 5.69 Å². The van der Waals surface area contributed by atoms with Crippen molar-refractivity contribution in [2.75, 3.05) is 0 Å². The van der Waals surface area contributed by atoms with E-state index in [1.54, 1.807) is 4.68 Å². The average Bonchev–Trinajstić information content (AvgIpc) is 2.68. The van der Waals surface area contributed by atoms with Gasteiger partial charge in [0.05, 0.1) is 18.0 Å².